The van der Waals surface area contributed by atoms with Gasteiger partial charge in [0.1, 0.15) is 17.9 Å². The molecule has 1 aromatic heterocycles. The molecule has 3 N–H and O–H groups in total. The summed E-state index contributed by atoms with van der Waals surface area (Å²) in [6, 6.07) is 4.00. The fourth-order valence-electron chi connectivity index (χ4n) is 6.28. The lowest BCUT2D eigenvalue weighted by Gasteiger charge is -2.36. The number of methoxy groups -OCH3 is 1. The quantitative estimate of drug-likeness (QED) is 0.307. The molecule has 4 amide bonds. The zero-order valence-corrected chi connectivity index (χ0v) is 28.7. The lowest BCUT2D eigenvalue weighted by molar-refractivity contribution is -0.149. The van der Waals surface area contributed by atoms with E-state index < -0.39 is 53.0 Å². The maximum absolute atomic E-state index is 15.6. The van der Waals surface area contributed by atoms with Crippen LogP contribution < -0.4 is 20.7 Å². The van der Waals surface area contributed by atoms with Crippen molar-refractivity contribution in [1.82, 2.24) is 25.4 Å². The smallest absolute Gasteiger partial charge is 0.351 e. The summed E-state index contributed by atoms with van der Waals surface area (Å²) >= 11 is 0. The Morgan fingerprint density at radius 1 is 1.02 bits per heavy atom. The molecule has 14 heteroatoms. The fraction of sp³-hybridized carbons (Fsp3) is 0.571. The first-order valence-corrected chi connectivity index (χ1v) is 16.8. The summed E-state index contributed by atoms with van der Waals surface area (Å²) in [6.07, 6.45) is 3.52. The average molecular weight is 689 g/mol. The van der Waals surface area contributed by atoms with Crippen LogP contribution in [0.3, 0.4) is 0 Å². The maximum Gasteiger partial charge on any atom is 0.351 e. The highest BCUT2D eigenvalue weighted by Gasteiger charge is 2.45. The molecule has 11 nitrogen and oxygen atoms in total. The summed E-state index contributed by atoms with van der Waals surface area (Å²) in [7, 11) is 3.30. The number of hydrogen-bond donors (Lipinski definition) is 3. The summed E-state index contributed by atoms with van der Waals surface area (Å²) in [5, 5.41) is 7.54. The Morgan fingerprint density at radius 3 is 2.27 bits per heavy atom. The number of aromatic nitrogens is 1. The average Bonchev–Trinajstić information content (AvgIpc) is 3.10. The van der Waals surface area contributed by atoms with Gasteiger partial charge in [0.15, 0.2) is 0 Å². The molecule has 268 valence electrons. The minimum absolute atomic E-state index is 0.0961. The molecule has 1 aromatic carbocycles. The van der Waals surface area contributed by atoms with E-state index in [0.29, 0.717) is 50.5 Å². The Morgan fingerprint density at radius 2 is 1.69 bits per heavy atom. The first-order valence-electron chi connectivity index (χ1n) is 16.8. The van der Waals surface area contributed by atoms with Crippen LogP contribution in [0.25, 0.3) is 0 Å². The lowest BCUT2D eigenvalue weighted by atomic mass is 9.79. The molecule has 49 heavy (non-hydrogen) atoms. The van der Waals surface area contributed by atoms with Gasteiger partial charge in [-0.1, -0.05) is 39.7 Å². The Bertz CT molecular complexity index is 1480. The summed E-state index contributed by atoms with van der Waals surface area (Å²) in [5.74, 6) is -8.49. The van der Waals surface area contributed by atoms with Crippen LogP contribution in [0, 0.1) is 17.7 Å². The van der Waals surface area contributed by atoms with Gasteiger partial charge in [-0.05, 0) is 55.5 Å². The molecule has 1 aliphatic carbocycles. The minimum Gasteiger partial charge on any atom is -0.481 e. The predicted molar refractivity (Wildman–Crippen MR) is 177 cm³/mol. The number of likely N-dealkylation sites (N-methyl/N-ethyl adjacent to an activating group) is 1. The number of pyridine rings is 1. The van der Waals surface area contributed by atoms with E-state index >= 15 is 13.2 Å². The third kappa shape index (κ3) is 9.28. The molecule has 4 rings (SSSR count). The van der Waals surface area contributed by atoms with Crippen molar-refractivity contribution in [1.29, 1.82) is 0 Å². The van der Waals surface area contributed by atoms with Crippen LogP contribution in [0.15, 0.2) is 36.5 Å². The van der Waals surface area contributed by atoms with E-state index in [-0.39, 0.29) is 29.8 Å². The van der Waals surface area contributed by atoms with Gasteiger partial charge in [-0.2, -0.15) is 8.78 Å². The van der Waals surface area contributed by atoms with Crippen LogP contribution in [0.5, 0.6) is 5.88 Å². The van der Waals surface area contributed by atoms with Gasteiger partial charge in [0.05, 0.1) is 12.8 Å². The summed E-state index contributed by atoms with van der Waals surface area (Å²) in [6.45, 7) is 7.83. The van der Waals surface area contributed by atoms with Gasteiger partial charge in [-0.15, -0.1) is 0 Å². The van der Waals surface area contributed by atoms with Crippen molar-refractivity contribution in [2.45, 2.75) is 76.8 Å². The van der Waals surface area contributed by atoms with Gasteiger partial charge in [0.25, 0.3) is 5.91 Å². The molecule has 2 heterocycles. The van der Waals surface area contributed by atoms with E-state index in [1.807, 2.05) is 7.05 Å². The Hall–Kier alpha value is -4.20. The normalized spacial score (nSPS) is 20.4. The molecule has 0 unspecified atom stereocenters. The highest BCUT2D eigenvalue weighted by molar-refractivity contribution is 5.98. The second-order valence-corrected chi connectivity index (χ2v) is 13.2. The van der Waals surface area contributed by atoms with Gasteiger partial charge in [0, 0.05) is 56.3 Å². The van der Waals surface area contributed by atoms with E-state index in [1.165, 1.54) is 25.3 Å². The number of anilines is 1. The van der Waals surface area contributed by atoms with Crippen molar-refractivity contribution < 1.29 is 37.1 Å². The van der Waals surface area contributed by atoms with Gasteiger partial charge < -0.3 is 30.5 Å². The molecular formula is C35H47F3N6O5. The van der Waals surface area contributed by atoms with Crippen molar-refractivity contribution in [3.63, 3.8) is 0 Å². The number of piperazine rings is 1. The lowest BCUT2D eigenvalue weighted by Crippen LogP contribution is -2.55. The van der Waals surface area contributed by atoms with E-state index in [0.717, 1.165) is 25.1 Å². The van der Waals surface area contributed by atoms with Gasteiger partial charge >= 0.3 is 5.92 Å². The number of benzene rings is 1. The van der Waals surface area contributed by atoms with Gasteiger partial charge in [-0.3, -0.25) is 19.2 Å². The molecule has 1 saturated heterocycles. The number of alkyl halides is 2. The van der Waals surface area contributed by atoms with Crippen LogP contribution in [0.4, 0.5) is 18.9 Å². The second-order valence-electron chi connectivity index (χ2n) is 13.2. The topological polar surface area (TPSA) is 133 Å². The van der Waals surface area contributed by atoms with Crippen molar-refractivity contribution in [3.8, 4) is 5.88 Å². The Labute approximate surface area is 285 Å². The molecule has 2 fully saturated rings. The molecule has 0 spiro atoms. The van der Waals surface area contributed by atoms with E-state index in [9.17, 15) is 19.2 Å². The number of nitrogens with one attached hydrogen (secondary N) is 3. The Kier molecular flexibility index (Phi) is 12.6. The summed E-state index contributed by atoms with van der Waals surface area (Å²) in [4.78, 5) is 60.1. The molecule has 3 atom stereocenters. The summed E-state index contributed by atoms with van der Waals surface area (Å²) < 4.78 is 51.1. The fourth-order valence-corrected chi connectivity index (χ4v) is 6.28. The predicted octanol–water partition coefficient (Wildman–Crippen LogP) is 4.04. The molecular weight excluding hydrogens is 641 g/mol. The van der Waals surface area contributed by atoms with Crippen molar-refractivity contribution >= 4 is 29.3 Å². The van der Waals surface area contributed by atoms with Crippen molar-refractivity contribution in [3.05, 3.63) is 53.5 Å². The van der Waals surface area contributed by atoms with Crippen LogP contribution in [-0.2, 0) is 25.1 Å². The molecule has 2 aromatic rings. The van der Waals surface area contributed by atoms with Crippen LogP contribution in [0.2, 0.25) is 0 Å². The van der Waals surface area contributed by atoms with Gasteiger partial charge in [-0.25, -0.2) is 9.37 Å². The first kappa shape index (κ1) is 37.6. The van der Waals surface area contributed by atoms with E-state index in [4.69, 9.17) is 4.74 Å². The zero-order valence-electron chi connectivity index (χ0n) is 28.7. The number of carbonyl (C=O) groups is 4. The monoisotopic (exact) mass is 688 g/mol. The molecule has 0 radical (unpaired) electrons. The Balaban J connectivity index is 1.53. The highest BCUT2D eigenvalue weighted by atomic mass is 19.3. The zero-order chi connectivity index (χ0) is 35.9. The van der Waals surface area contributed by atoms with Gasteiger partial charge in [0.2, 0.25) is 23.6 Å². The van der Waals surface area contributed by atoms with E-state index in [2.05, 4.69) is 32.8 Å². The molecule has 1 aliphatic heterocycles. The van der Waals surface area contributed by atoms with Crippen molar-refractivity contribution in [2.75, 3.05) is 45.7 Å². The number of carbonyl (C=O) groups excluding carboxylic acids is 4. The second kappa shape index (κ2) is 16.5. The minimum atomic E-state index is -4.01. The maximum atomic E-state index is 15.6. The third-order valence-corrected chi connectivity index (χ3v) is 9.69. The highest BCUT2D eigenvalue weighted by Crippen LogP contribution is 2.34. The van der Waals surface area contributed by atoms with Crippen LogP contribution in [-0.4, -0.2) is 90.8 Å². The van der Waals surface area contributed by atoms with Crippen LogP contribution in [0.1, 0.15) is 69.9 Å². The first-order chi connectivity index (χ1) is 23.2. The SMILES string of the molecule is CCC(=O)N[C@@H](C(=O)N1CCN(C)CC1)[C@@H](C)c1ccc(NC(=O)[C@@H](NC(=O)C(F)(F)c2ccc(OC)nc2)C2CCC(C)CC2)c(F)c1. The number of amides is 4. The molecule has 2 aliphatic rings. The number of rotatable bonds is 12. The summed E-state index contributed by atoms with van der Waals surface area (Å²) in [5.41, 5.74) is -0.467. The number of halogens is 3. The third-order valence-electron chi connectivity index (χ3n) is 9.69. The molecule has 1 saturated carbocycles. The standard InChI is InChI=1S/C35H47F3N6O5/c1-6-28(45)41-30(33(47)44-17-15-43(4)16-18-44)22(3)24-11-13-27(26(36)19-24)40-32(46)31(23-9-7-21(2)8-10-23)42-34(48)35(37,38)25-12-14-29(49-5)39-20-25/h11-14,19-23,30-31H,6-10,15-18H2,1-5H3,(H,40,46)(H,41,45)(H,42,48)/t21?,22-,23?,30+,31-/m0/s1. The van der Waals surface area contributed by atoms with Crippen molar-refractivity contribution in [2.24, 2.45) is 11.8 Å². The molecule has 0 bridgehead atoms. The van der Waals surface area contributed by atoms with Crippen LogP contribution >= 0.6 is 0 Å². The number of hydrogen-bond acceptors (Lipinski definition) is 7. The largest absolute Gasteiger partial charge is 0.481 e. The van der Waals surface area contributed by atoms with E-state index in [1.54, 1.807) is 24.8 Å². The number of ether oxygens (including phenoxy) is 1. The number of nitrogens with zero attached hydrogens (tertiary/aromatic N) is 3.